The normalized spacial score (nSPS) is 10.9. The number of carbonyl (C=O) groups excluding carboxylic acids is 1. The number of ether oxygens (including phenoxy) is 1. The summed E-state index contributed by atoms with van der Waals surface area (Å²) in [4.78, 5) is 29.9. The number of halogens is 2. The second kappa shape index (κ2) is 15.2. The first kappa shape index (κ1) is 30.8. The van der Waals surface area contributed by atoms with Gasteiger partial charge in [-0.25, -0.2) is 13.8 Å². The third-order valence-electron chi connectivity index (χ3n) is 6.50. The van der Waals surface area contributed by atoms with Crippen LogP contribution in [0.4, 0.5) is 13.9 Å². The van der Waals surface area contributed by atoms with E-state index in [0.717, 1.165) is 53.4 Å². The van der Waals surface area contributed by atoms with Gasteiger partial charge in [0, 0.05) is 42.7 Å². The van der Waals surface area contributed by atoms with Crippen LogP contribution in [0, 0.1) is 11.6 Å². The minimum absolute atomic E-state index is 0.0563. The maximum atomic E-state index is 13.9. The molecule has 0 radical (unpaired) electrons. The number of thiazole rings is 1. The zero-order chi connectivity index (χ0) is 29.9. The number of amides is 1. The number of hydrogen-bond acceptors (Lipinski definition) is 6. The molecule has 0 spiro atoms. The SMILES string of the molecule is CCCOCc1ccc(CCN(Cc2ccc(C(=O)NCCC(=O)O)cc2)c2nc(-c3ccc(F)c(F)c3)cs2)cc1. The van der Waals surface area contributed by atoms with Gasteiger partial charge in [-0.3, -0.25) is 9.59 Å². The van der Waals surface area contributed by atoms with Crippen LogP contribution >= 0.6 is 11.3 Å². The minimum atomic E-state index is -0.974. The number of carboxylic acids is 1. The van der Waals surface area contributed by atoms with Crippen molar-refractivity contribution in [3.63, 3.8) is 0 Å². The number of benzene rings is 3. The first-order chi connectivity index (χ1) is 20.3. The zero-order valence-electron chi connectivity index (χ0n) is 23.3. The highest BCUT2D eigenvalue weighted by Gasteiger charge is 2.15. The lowest BCUT2D eigenvalue weighted by atomic mass is 10.1. The van der Waals surface area contributed by atoms with Crippen molar-refractivity contribution < 1.29 is 28.2 Å². The lowest BCUT2D eigenvalue weighted by molar-refractivity contribution is -0.136. The Morgan fingerprint density at radius 1 is 0.976 bits per heavy atom. The van der Waals surface area contributed by atoms with Gasteiger partial charge in [0.2, 0.25) is 0 Å². The first-order valence-corrected chi connectivity index (χ1v) is 14.6. The van der Waals surface area contributed by atoms with Crippen molar-refractivity contribution in [2.45, 2.75) is 39.3 Å². The number of aromatic nitrogens is 1. The average Bonchev–Trinajstić information content (AvgIpc) is 3.48. The maximum Gasteiger partial charge on any atom is 0.305 e. The summed E-state index contributed by atoms with van der Waals surface area (Å²) >= 11 is 1.42. The van der Waals surface area contributed by atoms with Crippen LogP contribution in [0.1, 0.15) is 46.8 Å². The molecular formula is C32H33F2N3O4S. The Morgan fingerprint density at radius 3 is 2.38 bits per heavy atom. The van der Waals surface area contributed by atoms with Gasteiger partial charge in [0.25, 0.3) is 5.91 Å². The molecule has 0 aliphatic rings. The Bertz CT molecular complexity index is 1480. The number of aliphatic carboxylic acids is 1. The molecule has 1 aromatic heterocycles. The fraction of sp³-hybridized carbons (Fsp3) is 0.281. The Balaban J connectivity index is 1.48. The van der Waals surface area contributed by atoms with E-state index in [4.69, 9.17) is 14.8 Å². The molecule has 7 nitrogen and oxygen atoms in total. The van der Waals surface area contributed by atoms with E-state index in [0.29, 0.717) is 36.5 Å². The number of hydrogen-bond donors (Lipinski definition) is 2. The fourth-order valence-electron chi connectivity index (χ4n) is 4.21. The van der Waals surface area contributed by atoms with Crippen LogP contribution in [0.25, 0.3) is 11.3 Å². The summed E-state index contributed by atoms with van der Waals surface area (Å²) < 4.78 is 33.0. The number of carboxylic acid groups (broad SMARTS) is 1. The number of carbonyl (C=O) groups is 2. The smallest absolute Gasteiger partial charge is 0.305 e. The Kier molecular flexibility index (Phi) is 11.1. The van der Waals surface area contributed by atoms with Crippen LogP contribution < -0.4 is 10.2 Å². The van der Waals surface area contributed by atoms with Gasteiger partial charge in [-0.1, -0.05) is 43.3 Å². The first-order valence-electron chi connectivity index (χ1n) is 13.7. The van der Waals surface area contributed by atoms with Gasteiger partial charge in [0.1, 0.15) is 0 Å². The van der Waals surface area contributed by atoms with E-state index >= 15 is 0 Å². The molecular weight excluding hydrogens is 560 g/mol. The summed E-state index contributed by atoms with van der Waals surface area (Å²) in [6.07, 6.45) is 1.58. The van der Waals surface area contributed by atoms with Gasteiger partial charge >= 0.3 is 5.97 Å². The maximum absolute atomic E-state index is 13.9. The highest BCUT2D eigenvalue weighted by Crippen LogP contribution is 2.29. The molecule has 0 saturated heterocycles. The van der Waals surface area contributed by atoms with E-state index < -0.39 is 17.6 Å². The molecule has 0 saturated carbocycles. The minimum Gasteiger partial charge on any atom is -0.481 e. The largest absolute Gasteiger partial charge is 0.481 e. The monoisotopic (exact) mass is 593 g/mol. The molecule has 0 bridgehead atoms. The lowest BCUT2D eigenvalue weighted by Crippen LogP contribution is -2.26. The lowest BCUT2D eigenvalue weighted by Gasteiger charge is -2.22. The summed E-state index contributed by atoms with van der Waals surface area (Å²) in [5.74, 6) is -3.14. The topological polar surface area (TPSA) is 91.8 Å². The van der Waals surface area contributed by atoms with E-state index in [1.54, 1.807) is 12.1 Å². The molecule has 1 amide bonds. The van der Waals surface area contributed by atoms with Crippen molar-refractivity contribution in [3.05, 3.63) is 106 Å². The van der Waals surface area contributed by atoms with Gasteiger partial charge in [0.15, 0.2) is 16.8 Å². The molecule has 10 heteroatoms. The second-order valence-corrected chi connectivity index (χ2v) is 10.6. The quantitative estimate of drug-likeness (QED) is 0.154. The third kappa shape index (κ3) is 8.92. The molecule has 1 heterocycles. The number of anilines is 1. The molecule has 4 rings (SSSR count). The van der Waals surface area contributed by atoms with Crippen molar-refractivity contribution in [3.8, 4) is 11.3 Å². The summed E-state index contributed by atoms with van der Waals surface area (Å²) in [5, 5.41) is 13.9. The molecule has 42 heavy (non-hydrogen) atoms. The van der Waals surface area contributed by atoms with E-state index in [1.807, 2.05) is 17.5 Å². The van der Waals surface area contributed by atoms with Crippen LogP contribution in [0.5, 0.6) is 0 Å². The van der Waals surface area contributed by atoms with Crippen LogP contribution in [-0.2, 0) is 29.1 Å². The predicted molar refractivity (Wildman–Crippen MR) is 160 cm³/mol. The number of nitrogens with one attached hydrogen (secondary N) is 1. The highest BCUT2D eigenvalue weighted by atomic mass is 32.1. The predicted octanol–water partition coefficient (Wildman–Crippen LogP) is 6.47. The van der Waals surface area contributed by atoms with E-state index in [2.05, 4.69) is 41.4 Å². The standard InChI is InChI=1S/C32H33F2N3O4S/c1-2-17-41-20-24-5-3-22(4-6-24)14-16-37(32-36-29(21-42-32)26-11-12-27(33)28(34)18-26)19-23-7-9-25(10-8-23)31(40)35-15-13-30(38)39/h3-12,18,21H,2,13-17,19-20H2,1H3,(H,35,40)(H,38,39). The zero-order valence-corrected chi connectivity index (χ0v) is 24.1. The summed E-state index contributed by atoms with van der Waals surface area (Å²) in [6, 6.07) is 19.2. The van der Waals surface area contributed by atoms with E-state index in [-0.39, 0.29) is 18.9 Å². The number of rotatable bonds is 15. The van der Waals surface area contributed by atoms with Crippen LogP contribution in [-0.4, -0.2) is 41.7 Å². The third-order valence-corrected chi connectivity index (χ3v) is 7.40. The van der Waals surface area contributed by atoms with Crippen molar-refractivity contribution in [2.24, 2.45) is 0 Å². The molecule has 0 atom stereocenters. The molecule has 0 aliphatic heterocycles. The molecule has 3 aromatic carbocycles. The van der Waals surface area contributed by atoms with Crippen LogP contribution in [0.3, 0.4) is 0 Å². The van der Waals surface area contributed by atoms with Gasteiger partial charge in [-0.15, -0.1) is 11.3 Å². The highest BCUT2D eigenvalue weighted by molar-refractivity contribution is 7.14. The Morgan fingerprint density at radius 2 is 1.69 bits per heavy atom. The molecule has 0 aliphatic carbocycles. The molecule has 2 N–H and O–H groups in total. The van der Waals surface area contributed by atoms with Crippen molar-refractivity contribution in [1.82, 2.24) is 10.3 Å². The fourth-order valence-corrected chi connectivity index (χ4v) is 5.07. The van der Waals surface area contributed by atoms with Gasteiger partial charge < -0.3 is 20.1 Å². The molecule has 220 valence electrons. The van der Waals surface area contributed by atoms with E-state index in [9.17, 15) is 18.4 Å². The van der Waals surface area contributed by atoms with Crippen molar-refractivity contribution in [2.75, 3.05) is 24.6 Å². The Labute approximate surface area is 247 Å². The summed E-state index contributed by atoms with van der Waals surface area (Å²) in [7, 11) is 0. The van der Waals surface area contributed by atoms with Crippen LogP contribution in [0.15, 0.2) is 72.1 Å². The number of nitrogens with zero attached hydrogens (tertiary/aromatic N) is 2. The molecule has 4 aromatic rings. The van der Waals surface area contributed by atoms with E-state index in [1.165, 1.54) is 17.4 Å². The van der Waals surface area contributed by atoms with Crippen molar-refractivity contribution in [1.29, 1.82) is 0 Å². The molecule has 0 fully saturated rings. The van der Waals surface area contributed by atoms with Crippen LogP contribution in [0.2, 0.25) is 0 Å². The summed E-state index contributed by atoms with van der Waals surface area (Å²) in [6.45, 7) is 4.60. The van der Waals surface area contributed by atoms with Crippen molar-refractivity contribution >= 4 is 28.3 Å². The summed E-state index contributed by atoms with van der Waals surface area (Å²) in [5.41, 5.74) is 4.72. The second-order valence-electron chi connectivity index (χ2n) is 9.78. The Hall–Kier alpha value is -4.15. The molecule has 0 unspecified atom stereocenters. The average molecular weight is 594 g/mol. The van der Waals surface area contributed by atoms with Gasteiger partial charge in [0.05, 0.1) is 18.7 Å². The van der Waals surface area contributed by atoms with Gasteiger partial charge in [-0.05, 0) is 59.9 Å². The van der Waals surface area contributed by atoms with Gasteiger partial charge in [-0.2, -0.15) is 0 Å².